The fraction of sp³-hybridized carbons (Fsp3) is 0.0833. The minimum Gasteiger partial charge on any atom is -0.322 e. The molecule has 0 bridgehead atoms. The summed E-state index contributed by atoms with van der Waals surface area (Å²) in [4.78, 5) is 20.1. The van der Waals surface area contributed by atoms with Gasteiger partial charge in [0.2, 0.25) is 0 Å². The molecule has 1 N–H and O–H groups in total. The molecule has 6 heteroatoms. The van der Waals surface area contributed by atoms with Gasteiger partial charge in [0, 0.05) is 23.5 Å². The summed E-state index contributed by atoms with van der Waals surface area (Å²) in [6, 6.07) is 5.65. The molecule has 0 saturated carbocycles. The third-order valence-corrected chi connectivity index (χ3v) is 4.31. The normalized spacial score (nSPS) is 16.2. The van der Waals surface area contributed by atoms with Gasteiger partial charge in [0.25, 0.3) is 5.91 Å². The molecule has 0 saturated heterocycles. The van der Waals surface area contributed by atoms with Crippen LogP contribution in [0.1, 0.15) is 5.56 Å². The Morgan fingerprint density at radius 3 is 2.83 bits per heavy atom. The molecule has 0 radical (unpaired) electrons. The molecule has 0 spiro atoms. The number of hydrogen-bond donors (Lipinski definition) is 1. The lowest BCUT2D eigenvalue weighted by Crippen LogP contribution is -2.20. The minimum atomic E-state index is -0.880. The number of halogens is 2. The fourth-order valence-corrected chi connectivity index (χ4v) is 2.66. The molecule has 0 aromatic carbocycles. The van der Waals surface area contributed by atoms with Crippen molar-refractivity contribution in [1.82, 2.24) is 9.97 Å². The number of rotatable bonds is 1. The topological polar surface area (TPSA) is 54.9 Å². The highest BCUT2D eigenvalue weighted by molar-refractivity contribution is 9.25. The van der Waals surface area contributed by atoms with Gasteiger partial charge in [-0.1, -0.05) is 31.9 Å². The average Bonchev–Trinajstić information content (AvgIpc) is 2.61. The van der Waals surface area contributed by atoms with Gasteiger partial charge in [0.05, 0.1) is 17.6 Å². The Kier molecular flexibility index (Phi) is 2.71. The van der Waals surface area contributed by atoms with Gasteiger partial charge in [0.1, 0.15) is 0 Å². The Balaban J connectivity index is 2.14. The summed E-state index contributed by atoms with van der Waals surface area (Å²) in [5, 5.41) is 2.76. The Morgan fingerprint density at radius 2 is 2.11 bits per heavy atom. The first-order valence-corrected chi connectivity index (χ1v) is 6.78. The van der Waals surface area contributed by atoms with E-state index in [0.717, 1.165) is 16.8 Å². The summed E-state index contributed by atoms with van der Waals surface area (Å²) >= 11 is 6.75. The monoisotopic (exact) mass is 367 g/mol. The number of nitrogens with zero attached hydrogens (tertiary/aromatic N) is 2. The lowest BCUT2D eigenvalue weighted by Gasteiger charge is -2.11. The summed E-state index contributed by atoms with van der Waals surface area (Å²) in [7, 11) is 0. The van der Waals surface area contributed by atoms with Gasteiger partial charge in [0.15, 0.2) is 3.23 Å². The molecule has 1 aliphatic rings. The number of carbonyl (C=O) groups is 1. The van der Waals surface area contributed by atoms with Gasteiger partial charge in [-0.15, -0.1) is 0 Å². The van der Waals surface area contributed by atoms with Gasteiger partial charge < -0.3 is 5.32 Å². The molecule has 2 aromatic heterocycles. The number of aromatic nitrogens is 2. The van der Waals surface area contributed by atoms with Crippen LogP contribution in [0.3, 0.4) is 0 Å². The predicted octanol–water partition coefficient (Wildman–Crippen LogP) is 3.04. The molecule has 18 heavy (non-hydrogen) atoms. The maximum atomic E-state index is 11.8. The fourth-order valence-electron chi connectivity index (χ4n) is 1.81. The van der Waals surface area contributed by atoms with E-state index in [1.807, 2.05) is 18.2 Å². The zero-order valence-electron chi connectivity index (χ0n) is 9.02. The quantitative estimate of drug-likeness (QED) is 0.787. The van der Waals surface area contributed by atoms with E-state index in [4.69, 9.17) is 0 Å². The number of hydrogen-bond acceptors (Lipinski definition) is 3. The first-order chi connectivity index (χ1) is 8.59. The molecule has 0 aliphatic carbocycles. The summed E-state index contributed by atoms with van der Waals surface area (Å²) in [6.07, 6.45) is 5.10. The van der Waals surface area contributed by atoms with Gasteiger partial charge >= 0.3 is 0 Å². The van der Waals surface area contributed by atoms with E-state index in [9.17, 15) is 4.79 Å². The van der Waals surface area contributed by atoms with Crippen molar-refractivity contribution >= 4 is 43.5 Å². The maximum Gasteiger partial charge on any atom is 0.256 e. The van der Waals surface area contributed by atoms with E-state index >= 15 is 0 Å². The molecule has 0 atom stereocenters. The Labute approximate surface area is 120 Å². The largest absolute Gasteiger partial charge is 0.322 e. The molecule has 4 nitrogen and oxygen atoms in total. The summed E-state index contributed by atoms with van der Waals surface area (Å²) in [6.45, 7) is 0. The first-order valence-electron chi connectivity index (χ1n) is 5.19. The molecule has 2 aromatic rings. The highest BCUT2D eigenvalue weighted by atomic mass is 79.9. The van der Waals surface area contributed by atoms with Crippen LogP contribution in [0, 0.1) is 0 Å². The van der Waals surface area contributed by atoms with Crippen LogP contribution in [0.4, 0.5) is 5.69 Å². The number of anilines is 1. The van der Waals surface area contributed by atoms with Crippen LogP contribution < -0.4 is 5.32 Å². The molecular weight excluding hydrogens is 362 g/mol. The average molecular weight is 369 g/mol. The second-order valence-corrected chi connectivity index (χ2v) is 7.33. The molecule has 1 amide bonds. The zero-order chi connectivity index (χ0) is 12.8. The SMILES string of the molecule is O=C1Nc2cnc(-c3cccnc3)cc2C1(Br)Br. The number of carbonyl (C=O) groups excluding carboxylic acids is 1. The molecule has 90 valence electrons. The van der Waals surface area contributed by atoms with Crippen molar-refractivity contribution in [2.24, 2.45) is 0 Å². The van der Waals surface area contributed by atoms with Crippen LogP contribution in [-0.4, -0.2) is 15.9 Å². The van der Waals surface area contributed by atoms with Crippen molar-refractivity contribution in [2.75, 3.05) is 5.32 Å². The van der Waals surface area contributed by atoms with E-state index < -0.39 is 3.23 Å². The summed E-state index contributed by atoms with van der Waals surface area (Å²) in [5.74, 6) is -0.150. The molecule has 3 rings (SSSR count). The van der Waals surface area contributed by atoms with E-state index in [0.29, 0.717) is 5.69 Å². The van der Waals surface area contributed by atoms with Crippen LogP contribution in [0.25, 0.3) is 11.3 Å². The molecule has 3 heterocycles. The van der Waals surface area contributed by atoms with E-state index in [1.165, 1.54) is 0 Å². The predicted molar refractivity (Wildman–Crippen MR) is 75.6 cm³/mol. The lowest BCUT2D eigenvalue weighted by molar-refractivity contribution is -0.115. The van der Waals surface area contributed by atoms with E-state index in [1.54, 1.807) is 18.6 Å². The smallest absolute Gasteiger partial charge is 0.256 e. The van der Waals surface area contributed by atoms with Crippen molar-refractivity contribution in [3.05, 3.63) is 42.4 Å². The Hall–Kier alpha value is -1.27. The molecule has 1 aliphatic heterocycles. The van der Waals surface area contributed by atoms with Gasteiger partial charge in [-0.2, -0.15) is 0 Å². The Bertz CT molecular complexity index is 628. The van der Waals surface area contributed by atoms with Crippen LogP contribution >= 0.6 is 31.9 Å². The van der Waals surface area contributed by atoms with Crippen molar-refractivity contribution in [3.8, 4) is 11.3 Å². The van der Waals surface area contributed by atoms with Crippen molar-refractivity contribution < 1.29 is 4.79 Å². The van der Waals surface area contributed by atoms with Gasteiger partial charge in [-0.3, -0.25) is 14.8 Å². The summed E-state index contributed by atoms with van der Waals surface area (Å²) < 4.78 is -0.880. The lowest BCUT2D eigenvalue weighted by atomic mass is 10.1. The van der Waals surface area contributed by atoms with Crippen molar-refractivity contribution in [1.29, 1.82) is 0 Å². The molecule has 0 unspecified atom stereocenters. The van der Waals surface area contributed by atoms with Crippen LogP contribution in [0.15, 0.2) is 36.8 Å². The molecule has 0 fully saturated rings. The first kappa shape index (κ1) is 11.8. The highest BCUT2D eigenvalue weighted by Gasteiger charge is 2.42. The number of amides is 1. The third-order valence-electron chi connectivity index (χ3n) is 2.73. The standard InChI is InChI=1S/C12H7Br2N3O/c13-12(14)8-4-9(7-2-1-3-15-5-7)16-6-10(8)17-11(12)18/h1-6H,(H,17,18). The maximum absolute atomic E-state index is 11.8. The van der Waals surface area contributed by atoms with Crippen molar-refractivity contribution in [2.45, 2.75) is 3.23 Å². The second kappa shape index (κ2) is 4.13. The highest BCUT2D eigenvalue weighted by Crippen LogP contribution is 2.47. The Morgan fingerprint density at radius 1 is 1.28 bits per heavy atom. The number of fused-ring (bicyclic) bond motifs is 1. The number of nitrogens with one attached hydrogen (secondary N) is 1. The van der Waals surface area contributed by atoms with Crippen LogP contribution in [-0.2, 0) is 8.03 Å². The number of pyridine rings is 2. The van der Waals surface area contributed by atoms with E-state index in [2.05, 4.69) is 47.1 Å². The van der Waals surface area contributed by atoms with Crippen LogP contribution in [0.2, 0.25) is 0 Å². The van der Waals surface area contributed by atoms with Gasteiger partial charge in [-0.25, -0.2) is 0 Å². The molecular formula is C12H7Br2N3O. The number of alkyl halides is 2. The van der Waals surface area contributed by atoms with E-state index in [-0.39, 0.29) is 5.91 Å². The third kappa shape index (κ3) is 1.76. The van der Waals surface area contributed by atoms with Gasteiger partial charge in [-0.05, 0) is 18.2 Å². The minimum absolute atomic E-state index is 0.150. The zero-order valence-corrected chi connectivity index (χ0v) is 12.2. The van der Waals surface area contributed by atoms with Crippen LogP contribution in [0.5, 0.6) is 0 Å². The second-order valence-electron chi connectivity index (χ2n) is 3.89. The van der Waals surface area contributed by atoms with Crippen molar-refractivity contribution in [3.63, 3.8) is 0 Å². The summed E-state index contributed by atoms with van der Waals surface area (Å²) in [5.41, 5.74) is 3.22.